The molecule has 0 bridgehead atoms. The van der Waals surface area contributed by atoms with Crippen molar-refractivity contribution in [2.45, 2.75) is 19.9 Å². The molecule has 2 N–H and O–H groups in total. The summed E-state index contributed by atoms with van der Waals surface area (Å²) in [6, 6.07) is 13.7. The standard InChI is InChI=1S/C23H20FN7O2/c1-14(2)31-13-26-30-21(31)18-6-5-8-20(27-18)29-23(33)16-12-15(9-10-17(16)24)22(32)28-19-7-3-4-11-25-19/h3-14H,1-2H3,(H,25,28,32)(H,27,29,33). The molecule has 4 aromatic rings. The summed E-state index contributed by atoms with van der Waals surface area (Å²) in [5.74, 6) is -0.935. The molecule has 3 aromatic heterocycles. The minimum atomic E-state index is -0.766. The lowest BCUT2D eigenvalue weighted by molar-refractivity contribution is 0.102. The number of hydrogen-bond donors (Lipinski definition) is 2. The molecule has 0 aliphatic carbocycles. The third kappa shape index (κ3) is 4.90. The van der Waals surface area contributed by atoms with Crippen LogP contribution in [0.1, 0.15) is 40.6 Å². The van der Waals surface area contributed by atoms with E-state index in [9.17, 15) is 14.0 Å². The lowest BCUT2D eigenvalue weighted by Crippen LogP contribution is -2.18. The second kappa shape index (κ2) is 9.35. The maximum Gasteiger partial charge on any atom is 0.259 e. The minimum absolute atomic E-state index is 0.110. The van der Waals surface area contributed by atoms with E-state index >= 15 is 0 Å². The van der Waals surface area contributed by atoms with Crippen LogP contribution in [0.15, 0.2) is 67.1 Å². The Morgan fingerprint density at radius 3 is 2.52 bits per heavy atom. The number of pyridine rings is 2. The second-order valence-corrected chi connectivity index (χ2v) is 7.38. The van der Waals surface area contributed by atoms with Crippen molar-refractivity contribution in [2.75, 3.05) is 10.6 Å². The highest BCUT2D eigenvalue weighted by atomic mass is 19.1. The molecule has 0 saturated heterocycles. The molecular formula is C23H20FN7O2. The molecule has 2 amide bonds. The van der Waals surface area contributed by atoms with Crippen LogP contribution in [0.3, 0.4) is 0 Å². The van der Waals surface area contributed by atoms with E-state index in [4.69, 9.17) is 0 Å². The van der Waals surface area contributed by atoms with Gasteiger partial charge in [-0.2, -0.15) is 0 Å². The molecule has 0 spiro atoms. The fourth-order valence-corrected chi connectivity index (χ4v) is 3.08. The van der Waals surface area contributed by atoms with E-state index in [1.54, 1.807) is 42.7 Å². The summed E-state index contributed by atoms with van der Waals surface area (Å²) in [6.07, 6.45) is 3.13. The topological polar surface area (TPSA) is 115 Å². The maximum atomic E-state index is 14.4. The van der Waals surface area contributed by atoms with E-state index < -0.39 is 17.6 Å². The van der Waals surface area contributed by atoms with Crippen LogP contribution in [0.25, 0.3) is 11.5 Å². The van der Waals surface area contributed by atoms with Gasteiger partial charge in [-0.25, -0.2) is 14.4 Å². The fourth-order valence-electron chi connectivity index (χ4n) is 3.08. The molecule has 0 saturated carbocycles. The van der Waals surface area contributed by atoms with Crippen LogP contribution in [0, 0.1) is 5.82 Å². The summed E-state index contributed by atoms with van der Waals surface area (Å²) < 4.78 is 16.3. The maximum absolute atomic E-state index is 14.4. The molecule has 0 radical (unpaired) electrons. The SMILES string of the molecule is CC(C)n1cnnc1-c1cccc(NC(=O)c2cc(C(=O)Nc3ccccn3)ccc2F)n1. The number of benzene rings is 1. The highest BCUT2D eigenvalue weighted by Gasteiger charge is 2.18. The smallest absolute Gasteiger partial charge is 0.259 e. The lowest BCUT2D eigenvalue weighted by Gasteiger charge is -2.11. The zero-order valence-electron chi connectivity index (χ0n) is 17.9. The molecule has 0 atom stereocenters. The molecule has 9 nitrogen and oxygen atoms in total. The van der Waals surface area contributed by atoms with Crippen LogP contribution in [0.5, 0.6) is 0 Å². The Morgan fingerprint density at radius 2 is 1.76 bits per heavy atom. The first-order valence-corrected chi connectivity index (χ1v) is 10.1. The molecular weight excluding hydrogens is 425 g/mol. The number of halogens is 1. The Bertz CT molecular complexity index is 1310. The second-order valence-electron chi connectivity index (χ2n) is 7.38. The summed E-state index contributed by atoms with van der Waals surface area (Å²) in [4.78, 5) is 33.7. The van der Waals surface area contributed by atoms with Crippen molar-refractivity contribution in [1.82, 2.24) is 24.7 Å². The van der Waals surface area contributed by atoms with Crippen LogP contribution < -0.4 is 10.6 Å². The third-order valence-electron chi connectivity index (χ3n) is 4.73. The minimum Gasteiger partial charge on any atom is -0.310 e. The quantitative estimate of drug-likeness (QED) is 0.464. The number of amides is 2. The van der Waals surface area contributed by atoms with Gasteiger partial charge in [0.25, 0.3) is 11.8 Å². The number of rotatable bonds is 6. The van der Waals surface area contributed by atoms with Gasteiger partial charge >= 0.3 is 0 Å². The van der Waals surface area contributed by atoms with E-state index in [-0.39, 0.29) is 23.0 Å². The van der Waals surface area contributed by atoms with Crippen molar-refractivity contribution < 1.29 is 14.0 Å². The number of carbonyl (C=O) groups is 2. The first-order valence-electron chi connectivity index (χ1n) is 10.1. The predicted octanol–water partition coefficient (Wildman–Crippen LogP) is 3.96. The first-order chi connectivity index (χ1) is 15.9. The molecule has 10 heteroatoms. The van der Waals surface area contributed by atoms with E-state index in [1.165, 1.54) is 18.3 Å². The Hall–Kier alpha value is -4.47. The molecule has 166 valence electrons. The Labute approximate surface area is 188 Å². The zero-order chi connectivity index (χ0) is 23.4. The van der Waals surface area contributed by atoms with Gasteiger partial charge in [0.05, 0.1) is 5.56 Å². The third-order valence-corrected chi connectivity index (χ3v) is 4.73. The molecule has 0 unspecified atom stereocenters. The average molecular weight is 445 g/mol. The highest BCUT2D eigenvalue weighted by molar-refractivity contribution is 6.08. The lowest BCUT2D eigenvalue weighted by atomic mass is 10.1. The van der Waals surface area contributed by atoms with Gasteiger partial charge in [-0.15, -0.1) is 10.2 Å². The van der Waals surface area contributed by atoms with Gasteiger partial charge in [0.1, 0.15) is 29.5 Å². The number of carbonyl (C=O) groups excluding carboxylic acids is 2. The van der Waals surface area contributed by atoms with Crippen LogP contribution in [0.4, 0.5) is 16.0 Å². The van der Waals surface area contributed by atoms with Gasteiger partial charge in [0, 0.05) is 17.8 Å². The van der Waals surface area contributed by atoms with E-state index in [2.05, 4.69) is 30.8 Å². The van der Waals surface area contributed by atoms with Crippen LogP contribution in [-0.4, -0.2) is 36.5 Å². The van der Waals surface area contributed by atoms with Crippen molar-refractivity contribution in [2.24, 2.45) is 0 Å². The predicted molar refractivity (Wildman–Crippen MR) is 120 cm³/mol. The van der Waals surface area contributed by atoms with E-state index in [0.29, 0.717) is 17.3 Å². The van der Waals surface area contributed by atoms with Gasteiger partial charge in [-0.3, -0.25) is 9.59 Å². The molecule has 33 heavy (non-hydrogen) atoms. The Balaban J connectivity index is 1.55. The number of anilines is 2. The molecule has 3 heterocycles. The largest absolute Gasteiger partial charge is 0.310 e. The Kier molecular flexibility index (Phi) is 6.16. The summed E-state index contributed by atoms with van der Waals surface area (Å²) in [6.45, 7) is 3.97. The van der Waals surface area contributed by atoms with Gasteiger partial charge in [0.15, 0.2) is 5.82 Å². The molecule has 0 fully saturated rings. The Morgan fingerprint density at radius 1 is 0.970 bits per heavy atom. The zero-order valence-corrected chi connectivity index (χ0v) is 17.9. The average Bonchev–Trinajstić information content (AvgIpc) is 3.31. The van der Waals surface area contributed by atoms with Crippen molar-refractivity contribution >= 4 is 23.5 Å². The number of nitrogens with zero attached hydrogens (tertiary/aromatic N) is 5. The molecule has 1 aromatic carbocycles. The van der Waals surface area contributed by atoms with Gasteiger partial charge in [-0.1, -0.05) is 12.1 Å². The summed E-state index contributed by atoms with van der Waals surface area (Å²) in [5.41, 5.74) is 0.322. The molecule has 4 rings (SSSR count). The van der Waals surface area contributed by atoms with Crippen LogP contribution >= 0.6 is 0 Å². The van der Waals surface area contributed by atoms with Crippen molar-refractivity contribution in [3.05, 3.63) is 84.1 Å². The monoisotopic (exact) mass is 445 g/mol. The van der Waals surface area contributed by atoms with Crippen molar-refractivity contribution in [3.63, 3.8) is 0 Å². The number of nitrogens with one attached hydrogen (secondary N) is 2. The summed E-state index contributed by atoms with van der Waals surface area (Å²) >= 11 is 0. The van der Waals surface area contributed by atoms with Gasteiger partial charge < -0.3 is 15.2 Å². The first kappa shape index (κ1) is 21.8. The number of hydrogen-bond acceptors (Lipinski definition) is 6. The van der Waals surface area contributed by atoms with Gasteiger partial charge in [0.2, 0.25) is 0 Å². The molecule has 0 aliphatic heterocycles. The normalized spacial score (nSPS) is 10.8. The summed E-state index contributed by atoms with van der Waals surface area (Å²) in [7, 11) is 0. The summed E-state index contributed by atoms with van der Waals surface area (Å²) in [5, 5.41) is 13.2. The fraction of sp³-hybridized carbons (Fsp3) is 0.130. The molecule has 0 aliphatic rings. The highest BCUT2D eigenvalue weighted by Crippen LogP contribution is 2.20. The number of aromatic nitrogens is 5. The van der Waals surface area contributed by atoms with E-state index in [1.807, 2.05) is 18.4 Å². The van der Waals surface area contributed by atoms with Crippen molar-refractivity contribution in [3.8, 4) is 11.5 Å². The van der Waals surface area contributed by atoms with Crippen molar-refractivity contribution in [1.29, 1.82) is 0 Å². The van der Waals surface area contributed by atoms with Crippen LogP contribution in [-0.2, 0) is 0 Å². The van der Waals surface area contributed by atoms with Gasteiger partial charge in [-0.05, 0) is 56.3 Å². The van der Waals surface area contributed by atoms with Crippen LogP contribution in [0.2, 0.25) is 0 Å². The van der Waals surface area contributed by atoms with E-state index in [0.717, 1.165) is 6.07 Å².